The summed E-state index contributed by atoms with van der Waals surface area (Å²) in [6.45, 7) is 0.521. The van der Waals surface area contributed by atoms with Gasteiger partial charge in [0.1, 0.15) is 5.69 Å². The van der Waals surface area contributed by atoms with E-state index in [1.807, 2.05) is 36.4 Å². The summed E-state index contributed by atoms with van der Waals surface area (Å²) in [4.78, 5) is 18.5. The van der Waals surface area contributed by atoms with Gasteiger partial charge in [0.15, 0.2) is 0 Å². The predicted molar refractivity (Wildman–Crippen MR) is 87.0 cm³/mol. The third-order valence-electron chi connectivity index (χ3n) is 3.70. The number of H-pyrrole nitrogens is 2. The number of tetrazole rings is 1. The van der Waals surface area contributed by atoms with E-state index in [2.05, 4.69) is 30.6 Å². The number of hydrogen-bond donors (Lipinski definition) is 2. The van der Waals surface area contributed by atoms with Gasteiger partial charge in [0, 0.05) is 24.2 Å². The fourth-order valence-corrected chi connectivity index (χ4v) is 2.54. The van der Waals surface area contributed by atoms with E-state index in [-0.39, 0.29) is 5.69 Å². The minimum atomic E-state index is -0.120. The molecule has 0 unspecified atom stereocenters. The average molecular weight is 319 g/mol. The number of pyridine rings is 1. The largest absolute Gasteiger partial charge is 0.325 e. The zero-order valence-corrected chi connectivity index (χ0v) is 12.5. The molecule has 0 saturated carbocycles. The Balaban J connectivity index is 1.67. The van der Waals surface area contributed by atoms with Gasteiger partial charge < -0.3 is 4.98 Å². The highest BCUT2D eigenvalue weighted by molar-refractivity contribution is 5.77. The van der Waals surface area contributed by atoms with Crippen LogP contribution < -0.4 is 5.69 Å². The maximum Gasteiger partial charge on any atom is 0.325 e. The lowest BCUT2D eigenvalue weighted by Crippen LogP contribution is -2.16. The average Bonchev–Trinajstić information content (AvgIpc) is 3.28. The molecule has 0 aliphatic heterocycles. The molecule has 0 saturated heterocycles. The van der Waals surface area contributed by atoms with Crippen LogP contribution >= 0.6 is 0 Å². The number of nitrogens with zero attached hydrogens (tertiary/aromatic N) is 5. The van der Waals surface area contributed by atoms with Crippen molar-refractivity contribution in [3.05, 3.63) is 71.0 Å². The van der Waals surface area contributed by atoms with Crippen LogP contribution in [0.5, 0.6) is 0 Å². The molecule has 0 spiro atoms. The monoisotopic (exact) mass is 319 g/mol. The second-order valence-electron chi connectivity index (χ2n) is 5.23. The van der Waals surface area contributed by atoms with Crippen molar-refractivity contribution in [2.75, 3.05) is 0 Å². The maximum absolute atomic E-state index is 11.6. The number of imidazole rings is 1. The maximum atomic E-state index is 11.6. The van der Waals surface area contributed by atoms with Gasteiger partial charge in [0.05, 0.1) is 6.54 Å². The Labute approximate surface area is 136 Å². The Morgan fingerprint density at radius 2 is 2.00 bits per heavy atom. The fourth-order valence-electron chi connectivity index (χ4n) is 2.54. The molecule has 0 radical (unpaired) electrons. The molecule has 0 aliphatic carbocycles. The van der Waals surface area contributed by atoms with Crippen molar-refractivity contribution in [2.24, 2.45) is 0 Å². The SMILES string of the molecule is O=c1[nH]ccn1Cc1ccc(-c2cccnc2-c2nn[nH]n2)cc1. The van der Waals surface area contributed by atoms with E-state index < -0.39 is 0 Å². The summed E-state index contributed by atoms with van der Waals surface area (Å²) in [7, 11) is 0. The van der Waals surface area contributed by atoms with E-state index in [4.69, 9.17) is 0 Å². The summed E-state index contributed by atoms with van der Waals surface area (Å²) in [6, 6.07) is 11.8. The molecule has 8 nitrogen and oxygen atoms in total. The predicted octanol–water partition coefficient (Wildman–Crippen LogP) is 1.47. The Hall–Kier alpha value is -3.55. The summed E-state index contributed by atoms with van der Waals surface area (Å²) < 4.78 is 1.61. The number of aromatic amines is 2. The number of rotatable bonds is 4. The summed E-state index contributed by atoms with van der Waals surface area (Å²) in [5.74, 6) is 0.452. The van der Waals surface area contributed by atoms with Crippen LogP contribution in [0.25, 0.3) is 22.6 Å². The lowest BCUT2D eigenvalue weighted by atomic mass is 10.0. The molecule has 3 heterocycles. The van der Waals surface area contributed by atoms with Crippen LogP contribution in [0.1, 0.15) is 5.56 Å². The summed E-state index contributed by atoms with van der Waals surface area (Å²) >= 11 is 0. The van der Waals surface area contributed by atoms with Gasteiger partial charge in [-0.25, -0.2) is 4.79 Å². The summed E-state index contributed by atoms with van der Waals surface area (Å²) in [6.07, 6.45) is 5.05. The normalized spacial score (nSPS) is 10.8. The van der Waals surface area contributed by atoms with Gasteiger partial charge in [-0.2, -0.15) is 5.21 Å². The highest BCUT2D eigenvalue weighted by Gasteiger charge is 2.12. The van der Waals surface area contributed by atoms with Crippen molar-refractivity contribution >= 4 is 0 Å². The zero-order chi connectivity index (χ0) is 16.4. The molecule has 8 heteroatoms. The smallest absolute Gasteiger partial charge is 0.313 e. The molecule has 2 N–H and O–H groups in total. The van der Waals surface area contributed by atoms with E-state index >= 15 is 0 Å². The highest BCUT2D eigenvalue weighted by Crippen LogP contribution is 2.27. The van der Waals surface area contributed by atoms with Crippen LogP contribution in [0.4, 0.5) is 0 Å². The summed E-state index contributed by atoms with van der Waals surface area (Å²) in [5.41, 5.74) is 3.49. The number of nitrogens with one attached hydrogen (secondary N) is 2. The molecule has 0 amide bonds. The second kappa shape index (κ2) is 5.92. The van der Waals surface area contributed by atoms with Gasteiger partial charge in [-0.05, 0) is 22.4 Å². The fraction of sp³-hybridized carbons (Fsp3) is 0.0625. The molecule has 4 rings (SSSR count). The van der Waals surface area contributed by atoms with E-state index in [1.54, 1.807) is 23.2 Å². The van der Waals surface area contributed by atoms with Crippen LogP contribution in [0, 0.1) is 0 Å². The van der Waals surface area contributed by atoms with Crippen LogP contribution in [-0.4, -0.2) is 35.2 Å². The number of hydrogen-bond acceptors (Lipinski definition) is 5. The first kappa shape index (κ1) is 14.1. The van der Waals surface area contributed by atoms with Crippen LogP contribution in [0.3, 0.4) is 0 Å². The van der Waals surface area contributed by atoms with Gasteiger partial charge in [0.25, 0.3) is 0 Å². The standard InChI is InChI=1S/C16H13N7O/c24-16-18-8-9-23(16)10-11-3-5-12(6-4-11)13-2-1-7-17-14(13)15-19-21-22-20-15/h1-9H,10H2,(H,18,24)(H,19,20,21,22). The van der Waals surface area contributed by atoms with E-state index in [9.17, 15) is 4.79 Å². The molecule has 24 heavy (non-hydrogen) atoms. The Bertz CT molecular complexity index is 999. The van der Waals surface area contributed by atoms with Crippen molar-refractivity contribution in [3.63, 3.8) is 0 Å². The van der Waals surface area contributed by atoms with Crippen molar-refractivity contribution in [1.29, 1.82) is 0 Å². The Morgan fingerprint density at radius 3 is 2.71 bits per heavy atom. The molecule has 0 fully saturated rings. The van der Waals surface area contributed by atoms with Gasteiger partial charge in [-0.15, -0.1) is 10.2 Å². The van der Waals surface area contributed by atoms with Crippen molar-refractivity contribution < 1.29 is 0 Å². The summed E-state index contributed by atoms with van der Waals surface area (Å²) in [5, 5.41) is 14.0. The van der Waals surface area contributed by atoms with Crippen molar-refractivity contribution in [1.82, 2.24) is 35.2 Å². The quantitative estimate of drug-likeness (QED) is 0.592. The van der Waals surface area contributed by atoms with E-state index in [0.717, 1.165) is 16.7 Å². The first-order valence-electron chi connectivity index (χ1n) is 7.33. The molecule has 0 bridgehead atoms. The van der Waals surface area contributed by atoms with Crippen molar-refractivity contribution in [3.8, 4) is 22.6 Å². The molecule has 0 aliphatic rings. The van der Waals surface area contributed by atoms with E-state index in [1.165, 1.54) is 0 Å². The molecular formula is C16H13N7O. The van der Waals surface area contributed by atoms with E-state index in [0.29, 0.717) is 18.1 Å². The van der Waals surface area contributed by atoms with Gasteiger partial charge in [-0.3, -0.25) is 9.55 Å². The second-order valence-corrected chi connectivity index (χ2v) is 5.23. The first-order chi connectivity index (χ1) is 11.8. The zero-order valence-electron chi connectivity index (χ0n) is 12.5. The third-order valence-corrected chi connectivity index (χ3v) is 3.70. The van der Waals surface area contributed by atoms with Gasteiger partial charge in [-0.1, -0.05) is 30.3 Å². The van der Waals surface area contributed by atoms with Crippen LogP contribution in [-0.2, 0) is 6.54 Å². The number of benzene rings is 1. The number of aromatic nitrogens is 7. The Morgan fingerprint density at radius 1 is 1.12 bits per heavy atom. The first-order valence-corrected chi connectivity index (χ1v) is 7.33. The van der Waals surface area contributed by atoms with Crippen LogP contribution in [0.2, 0.25) is 0 Å². The van der Waals surface area contributed by atoms with Gasteiger partial charge in [0.2, 0.25) is 5.82 Å². The van der Waals surface area contributed by atoms with Crippen molar-refractivity contribution in [2.45, 2.75) is 6.54 Å². The van der Waals surface area contributed by atoms with Gasteiger partial charge >= 0.3 is 5.69 Å². The lowest BCUT2D eigenvalue weighted by molar-refractivity contribution is 0.762. The van der Waals surface area contributed by atoms with Crippen LogP contribution in [0.15, 0.2) is 59.8 Å². The molecular weight excluding hydrogens is 306 g/mol. The molecule has 1 aromatic carbocycles. The molecule has 4 aromatic rings. The topological polar surface area (TPSA) is 105 Å². The molecule has 118 valence electrons. The lowest BCUT2D eigenvalue weighted by Gasteiger charge is -2.07. The molecule has 3 aromatic heterocycles. The molecule has 0 atom stereocenters. The third kappa shape index (κ3) is 2.60. The minimum Gasteiger partial charge on any atom is -0.313 e. The minimum absolute atomic E-state index is 0.120. The Kier molecular flexibility index (Phi) is 3.47. The highest BCUT2D eigenvalue weighted by atomic mass is 16.1.